The highest BCUT2D eigenvalue weighted by Crippen LogP contribution is 2.30. The van der Waals surface area contributed by atoms with Gasteiger partial charge in [0.05, 0.1) is 12.1 Å². The van der Waals surface area contributed by atoms with E-state index in [4.69, 9.17) is 0 Å². The van der Waals surface area contributed by atoms with Crippen molar-refractivity contribution in [3.05, 3.63) is 35.4 Å². The number of ketones is 1. The zero-order valence-corrected chi connectivity index (χ0v) is 14.6. The van der Waals surface area contributed by atoms with Gasteiger partial charge in [-0.1, -0.05) is 12.1 Å². The second kappa shape index (κ2) is 7.78. The lowest BCUT2D eigenvalue weighted by atomic mass is 9.89. The van der Waals surface area contributed by atoms with Crippen LogP contribution in [0.3, 0.4) is 0 Å². The normalized spacial score (nSPS) is 21.8. The second-order valence-electron chi connectivity index (χ2n) is 7.10. The Morgan fingerprint density at radius 3 is 2.50 bits per heavy atom. The molecule has 0 spiro atoms. The first-order valence-corrected chi connectivity index (χ1v) is 9.06. The Balaban J connectivity index is 1.65. The molecule has 0 unspecified atom stereocenters. The molecule has 2 aliphatic heterocycles. The maximum absolute atomic E-state index is 12.9. The van der Waals surface area contributed by atoms with Crippen LogP contribution in [0.25, 0.3) is 0 Å². The predicted octanol–water partition coefficient (Wildman–Crippen LogP) is 3.22. The van der Waals surface area contributed by atoms with E-state index in [2.05, 4.69) is 4.90 Å². The molecular weight excluding hydrogens is 345 g/mol. The van der Waals surface area contributed by atoms with Crippen LogP contribution in [0.4, 0.5) is 13.2 Å². The first-order chi connectivity index (χ1) is 12.3. The van der Waals surface area contributed by atoms with E-state index in [-0.39, 0.29) is 17.3 Å². The molecule has 0 bridgehead atoms. The summed E-state index contributed by atoms with van der Waals surface area (Å²) < 4.78 is 38.6. The van der Waals surface area contributed by atoms with Gasteiger partial charge in [0.1, 0.15) is 0 Å². The van der Waals surface area contributed by atoms with Crippen LogP contribution in [0.15, 0.2) is 24.3 Å². The van der Waals surface area contributed by atoms with Crippen molar-refractivity contribution in [1.29, 1.82) is 0 Å². The van der Waals surface area contributed by atoms with E-state index in [9.17, 15) is 22.8 Å². The number of likely N-dealkylation sites (tertiary alicyclic amines) is 2. The Bertz CT molecular complexity index is 669. The fourth-order valence-corrected chi connectivity index (χ4v) is 3.73. The lowest BCUT2D eigenvalue weighted by Crippen LogP contribution is -2.46. The number of halogens is 3. The van der Waals surface area contributed by atoms with E-state index in [1.807, 2.05) is 0 Å². The third-order valence-electron chi connectivity index (χ3n) is 5.18. The molecule has 1 amide bonds. The Morgan fingerprint density at radius 1 is 1.08 bits per heavy atom. The molecule has 1 aromatic rings. The van der Waals surface area contributed by atoms with Crippen LogP contribution < -0.4 is 0 Å². The van der Waals surface area contributed by atoms with Crippen LogP contribution >= 0.6 is 0 Å². The molecule has 26 heavy (non-hydrogen) atoms. The van der Waals surface area contributed by atoms with Gasteiger partial charge in [-0.05, 0) is 50.9 Å². The van der Waals surface area contributed by atoms with Crippen molar-refractivity contribution in [3.8, 4) is 0 Å². The number of Topliss-reactive ketones (excluding diaryl/α,β-unsaturated/α-hetero) is 1. The number of hydrogen-bond acceptors (Lipinski definition) is 3. The molecule has 0 radical (unpaired) electrons. The van der Waals surface area contributed by atoms with E-state index in [1.165, 1.54) is 12.1 Å². The van der Waals surface area contributed by atoms with Crippen molar-refractivity contribution in [1.82, 2.24) is 9.80 Å². The lowest BCUT2D eigenvalue weighted by Gasteiger charge is -2.33. The summed E-state index contributed by atoms with van der Waals surface area (Å²) in [7, 11) is 0. The van der Waals surface area contributed by atoms with Crippen LogP contribution in [0.5, 0.6) is 0 Å². The smallest absolute Gasteiger partial charge is 0.341 e. The van der Waals surface area contributed by atoms with Crippen molar-refractivity contribution in [2.24, 2.45) is 5.92 Å². The van der Waals surface area contributed by atoms with Crippen molar-refractivity contribution in [2.45, 2.75) is 31.9 Å². The third kappa shape index (κ3) is 4.44. The fourth-order valence-electron chi connectivity index (χ4n) is 3.73. The van der Waals surface area contributed by atoms with Gasteiger partial charge in [-0.3, -0.25) is 14.5 Å². The maximum atomic E-state index is 12.9. The van der Waals surface area contributed by atoms with E-state index < -0.39 is 17.7 Å². The van der Waals surface area contributed by atoms with Gasteiger partial charge in [0.2, 0.25) is 5.91 Å². The zero-order chi connectivity index (χ0) is 18.7. The van der Waals surface area contributed by atoms with Crippen LogP contribution in [-0.4, -0.2) is 54.2 Å². The average molecular weight is 368 g/mol. The first kappa shape index (κ1) is 18.9. The molecule has 142 valence electrons. The molecule has 2 heterocycles. The molecule has 1 atom stereocenters. The van der Waals surface area contributed by atoms with Gasteiger partial charge in [-0.25, -0.2) is 0 Å². The summed E-state index contributed by atoms with van der Waals surface area (Å²) in [6.45, 7) is 3.11. The van der Waals surface area contributed by atoms with E-state index in [1.54, 1.807) is 4.90 Å². The molecule has 3 rings (SSSR count). The molecule has 0 aromatic heterocycles. The van der Waals surface area contributed by atoms with Crippen LogP contribution in [-0.2, 0) is 11.0 Å². The summed E-state index contributed by atoms with van der Waals surface area (Å²) in [5.74, 6) is -0.738. The molecule has 0 N–H and O–H groups in total. The molecule has 0 aliphatic carbocycles. The number of alkyl halides is 3. The zero-order valence-electron chi connectivity index (χ0n) is 14.6. The minimum atomic E-state index is -4.47. The average Bonchev–Trinajstić information content (AvgIpc) is 3.13. The van der Waals surface area contributed by atoms with Crippen molar-refractivity contribution in [3.63, 3.8) is 0 Å². The van der Waals surface area contributed by atoms with Gasteiger partial charge in [-0.2, -0.15) is 13.2 Å². The van der Waals surface area contributed by atoms with E-state index in [0.29, 0.717) is 32.5 Å². The Morgan fingerprint density at radius 2 is 1.81 bits per heavy atom. The molecule has 1 aromatic carbocycles. The highest BCUT2D eigenvalue weighted by Gasteiger charge is 2.33. The summed E-state index contributed by atoms with van der Waals surface area (Å²) in [5, 5.41) is 0. The molecule has 2 saturated heterocycles. The summed E-state index contributed by atoms with van der Waals surface area (Å²) in [6, 6.07) is 4.55. The van der Waals surface area contributed by atoms with Crippen molar-refractivity contribution >= 4 is 11.7 Å². The Kier molecular flexibility index (Phi) is 5.65. The van der Waals surface area contributed by atoms with Gasteiger partial charge >= 0.3 is 6.18 Å². The maximum Gasteiger partial charge on any atom is 0.416 e. The van der Waals surface area contributed by atoms with Crippen LogP contribution in [0.2, 0.25) is 0 Å². The largest absolute Gasteiger partial charge is 0.416 e. The predicted molar refractivity (Wildman–Crippen MR) is 90.8 cm³/mol. The second-order valence-corrected chi connectivity index (χ2v) is 7.10. The standard InChI is InChI=1S/C19H23F3N2O2/c20-19(21,22)16-7-3-5-14(11-16)18(26)15-6-4-10-24(12-15)17(25)13-23-8-1-2-9-23/h3,5,7,11,15H,1-2,4,6,8-10,12-13H2/t15-/m0/s1. The summed E-state index contributed by atoms with van der Waals surface area (Å²) in [6.07, 6.45) is -0.974. The van der Waals surface area contributed by atoms with E-state index >= 15 is 0 Å². The van der Waals surface area contributed by atoms with E-state index in [0.717, 1.165) is 38.1 Å². The summed E-state index contributed by atoms with van der Waals surface area (Å²) in [5.41, 5.74) is -0.750. The van der Waals surface area contributed by atoms with Gasteiger partial charge in [0.15, 0.2) is 5.78 Å². The quantitative estimate of drug-likeness (QED) is 0.767. The molecule has 2 aliphatic rings. The fraction of sp³-hybridized carbons (Fsp3) is 0.579. The number of piperidine rings is 1. The van der Waals surface area contributed by atoms with Crippen LogP contribution in [0.1, 0.15) is 41.6 Å². The number of amides is 1. The topological polar surface area (TPSA) is 40.6 Å². The van der Waals surface area contributed by atoms with Crippen LogP contribution in [0, 0.1) is 5.92 Å². The monoisotopic (exact) mass is 368 g/mol. The summed E-state index contributed by atoms with van der Waals surface area (Å²) in [4.78, 5) is 28.9. The van der Waals surface area contributed by atoms with Gasteiger partial charge in [0, 0.05) is 24.6 Å². The molecule has 7 heteroatoms. The highest BCUT2D eigenvalue weighted by molar-refractivity contribution is 5.98. The molecule has 0 saturated carbocycles. The number of benzene rings is 1. The van der Waals surface area contributed by atoms with Crippen molar-refractivity contribution in [2.75, 3.05) is 32.7 Å². The number of nitrogens with zero attached hydrogens (tertiary/aromatic N) is 2. The minimum Gasteiger partial charge on any atom is -0.341 e. The number of carbonyl (C=O) groups is 2. The molecular formula is C19H23F3N2O2. The highest BCUT2D eigenvalue weighted by atomic mass is 19.4. The van der Waals surface area contributed by atoms with Crippen molar-refractivity contribution < 1.29 is 22.8 Å². The Hall–Kier alpha value is -1.89. The number of hydrogen-bond donors (Lipinski definition) is 0. The summed E-state index contributed by atoms with van der Waals surface area (Å²) >= 11 is 0. The number of rotatable bonds is 4. The van der Waals surface area contributed by atoms with Gasteiger partial charge < -0.3 is 4.90 Å². The lowest BCUT2D eigenvalue weighted by molar-refractivity contribution is -0.137. The van der Waals surface area contributed by atoms with Gasteiger partial charge in [0.25, 0.3) is 0 Å². The third-order valence-corrected chi connectivity index (χ3v) is 5.18. The molecule has 4 nitrogen and oxygen atoms in total. The minimum absolute atomic E-state index is 0.00782. The van der Waals surface area contributed by atoms with Gasteiger partial charge in [-0.15, -0.1) is 0 Å². The first-order valence-electron chi connectivity index (χ1n) is 9.06. The SMILES string of the molecule is O=C(c1cccc(C(F)(F)F)c1)[C@H]1CCCN(C(=O)CN2CCCC2)C1. The molecule has 2 fully saturated rings. The number of carbonyl (C=O) groups excluding carboxylic acids is 2. The Labute approximate surface area is 151 Å².